The maximum absolute atomic E-state index is 12.2. The molecule has 0 radical (unpaired) electrons. The second-order valence-corrected chi connectivity index (χ2v) is 6.32. The maximum atomic E-state index is 12.2. The van der Waals surface area contributed by atoms with E-state index in [2.05, 4.69) is 46.4 Å². The van der Waals surface area contributed by atoms with E-state index in [1.54, 1.807) is 7.05 Å². The van der Waals surface area contributed by atoms with Crippen molar-refractivity contribution in [2.24, 2.45) is 0 Å². The van der Waals surface area contributed by atoms with Gasteiger partial charge in [-0.2, -0.15) is 0 Å². The summed E-state index contributed by atoms with van der Waals surface area (Å²) in [6.45, 7) is 6.11. The molecule has 24 heavy (non-hydrogen) atoms. The van der Waals surface area contributed by atoms with Gasteiger partial charge in [0.15, 0.2) is 0 Å². The Morgan fingerprint density at radius 1 is 1.21 bits per heavy atom. The first-order valence-electron chi connectivity index (χ1n) is 8.42. The summed E-state index contributed by atoms with van der Waals surface area (Å²) in [5, 5.41) is 2.69. The lowest BCUT2D eigenvalue weighted by Gasteiger charge is -2.17. The van der Waals surface area contributed by atoms with Crippen LogP contribution in [-0.2, 0) is 0 Å². The third kappa shape index (κ3) is 3.48. The van der Waals surface area contributed by atoms with Crippen molar-refractivity contribution in [1.82, 2.24) is 5.32 Å². The van der Waals surface area contributed by atoms with Crippen LogP contribution in [0.4, 0.5) is 0 Å². The number of hydrogen-bond donors (Lipinski definition) is 1. The topological polar surface area (TPSA) is 38.3 Å². The Kier molecular flexibility index (Phi) is 6.44. The summed E-state index contributed by atoms with van der Waals surface area (Å²) < 4.78 is 7.05. The van der Waals surface area contributed by atoms with Crippen molar-refractivity contribution in [3.05, 3.63) is 63.6 Å². The molecule has 0 saturated heterocycles. The minimum absolute atomic E-state index is 0.0510. The zero-order valence-electron chi connectivity index (χ0n) is 14.6. The lowest BCUT2D eigenvalue weighted by atomic mass is 9.86. The van der Waals surface area contributed by atoms with E-state index in [-0.39, 0.29) is 17.9 Å². The fourth-order valence-electron chi connectivity index (χ4n) is 3.07. The summed E-state index contributed by atoms with van der Waals surface area (Å²) in [6, 6.07) is 14.2. The highest BCUT2D eigenvalue weighted by molar-refractivity contribution is 9.10. The molecule has 128 valence electrons. The Morgan fingerprint density at radius 2 is 1.88 bits per heavy atom. The van der Waals surface area contributed by atoms with Gasteiger partial charge in [0.05, 0.1) is 5.56 Å². The standard InChI is InChI=1S/C18H18BrNO2.C2H6/c1-3-15-16(11-7-5-4-6-8-11)13-9-12(19)10-14(17(13)22-15)18(21)20-2;1-2/h4-10,15-16H,3H2,1-2H3,(H,20,21);1-2H3. The van der Waals surface area contributed by atoms with E-state index < -0.39 is 0 Å². The number of nitrogens with one attached hydrogen (secondary N) is 1. The van der Waals surface area contributed by atoms with Gasteiger partial charge in [-0.3, -0.25) is 4.79 Å². The van der Waals surface area contributed by atoms with Crippen LogP contribution in [0.5, 0.6) is 5.75 Å². The molecule has 0 spiro atoms. The van der Waals surface area contributed by atoms with Gasteiger partial charge >= 0.3 is 0 Å². The molecule has 0 bridgehead atoms. The molecule has 2 aromatic rings. The molecule has 0 aliphatic carbocycles. The van der Waals surface area contributed by atoms with Crippen LogP contribution >= 0.6 is 15.9 Å². The molecular formula is C20H24BrNO2. The van der Waals surface area contributed by atoms with Crippen LogP contribution in [0.1, 0.15) is 54.6 Å². The average Bonchev–Trinajstić information content (AvgIpc) is 3.01. The van der Waals surface area contributed by atoms with Crippen molar-refractivity contribution in [3.63, 3.8) is 0 Å². The smallest absolute Gasteiger partial charge is 0.254 e. The second kappa shape index (κ2) is 8.34. The first-order valence-corrected chi connectivity index (χ1v) is 9.22. The van der Waals surface area contributed by atoms with E-state index >= 15 is 0 Å². The molecular weight excluding hydrogens is 366 g/mol. The van der Waals surface area contributed by atoms with Crippen LogP contribution in [0.25, 0.3) is 0 Å². The van der Waals surface area contributed by atoms with E-state index in [0.717, 1.165) is 16.5 Å². The number of carbonyl (C=O) groups excluding carboxylic acids is 1. The van der Waals surface area contributed by atoms with Crippen LogP contribution in [0, 0.1) is 0 Å². The van der Waals surface area contributed by atoms with Crippen LogP contribution in [0.15, 0.2) is 46.9 Å². The molecule has 1 amide bonds. The summed E-state index contributed by atoms with van der Waals surface area (Å²) in [5.41, 5.74) is 2.88. The maximum Gasteiger partial charge on any atom is 0.254 e. The zero-order valence-corrected chi connectivity index (χ0v) is 16.2. The van der Waals surface area contributed by atoms with E-state index in [1.807, 2.05) is 38.1 Å². The van der Waals surface area contributed by atoms with Gasteiger partial charge in [0.2, 0.25) is 0 Å². The molecule has 1 aliphatic rings. The number of hydrogen-bond acceptors (Lipinski definition) is 2. The van der Waals surface area contributed by atoms with Crippen LogP contribution in [0.2, 0.25) is 0 Å². The lowest BCUT2D eigenvalue weighted by molar-refractivity contribution is 0.0957. The summed E-state index contributed by atoms with van der Waals surface area (Å²) in [5.74, 6) is 0.742. The Balaban J connectivity index is 0.00000100. The van der Waals surface area contributed by atoms with Crippen molar-refractivity contribution in [1.29, 1.82) is 0 Å². The normalized spacial score (nSPS) is 18.0. The van der Waals surface area contributed by atoms with Crippen molar-refractivity contribution < 1.29 is 9.53 Å². The zero-order chi connectivity index (χ0) is 17.7. The van der Waals surface area contributed by atoms with Gasteiger partial charge in [-0.1, -0.05) is 67.0 Å². The average molecular weight is 390 g/mol. The third-order valence-electron chi connectivity index (χ3n) is 4.09. The van der Waals surface area contributed by atoms with Crippen molar-refractivity contribution in [2.45, 2.75) is 39.2 Å². The van der Waals surface area contributed by atoms with E-state index in [9.17, 15) is 4.79 Å². The summed E-state index contributed by atoms with van der Waals surface area (Å²) in [4.78, 5) is 12.2. The fourth-order valence-corrected chi connectivity index (χ4v) is 3.55. The van der Waals surface area contributed by atoms with E-state index in [4.69, 9.17) is 4.74 Å². The van der Waals surface area contributed by atoms with Crippen LogP contribution in [-0.4, -0.2) is 19.1 Å². The Hall–Kier alpha value is -1.81. The Labute approximate surface area is 152 Å². The number of benzene rings is 2. The molecule has 1 aliphatic heterocycles. The van der Waals surface area contributed by atoms with Gasteiger partial charge in [0.1, 0.15) is 11.9 Å². The Morgan fingerprint density at radius 3 is 2.46 bits per heavy atom. The molecule has 4 heteroatoms. The number of amides is 1. The number of rotatable bonds is 3. The lowest BCUT2D eigenvalue weighted by Crippen LogP contribution is -2.20. The molecule has 0 saturated carbocycles. The predicted molar refractivity (Wildman–Crippen MR) is 102 cm³/mol. The minimum atomic E-state index is -0.124. The van der Waals surface area contributed by atoms with Gasteiger partial charge in [0, 0.05) is 23.0 Å². The summed E-state index contributed by atoms with van der Waals surface area (Å²) >= 11 is 3.52. The van der Waals surface area contributed by atoms with Gasteiger partial charge in [-0.15, -0.1) is 0 Å². The number of ether oxygens (including phenoxy) is 1. The fraction of sp³-hybridized carbons (Fsp3) is 0.350. The molecule has 2 aromatic carbocycles. The first kappa shape index (κ1) is 18.5. The van der Waals surface area contributed by atoms with Gasteiger partial charge < -0.3 is 10.1 Å². The molecule has 0 aromatic heterocycles. The van der Waals surface area contributed by atoms with Crippen molar-refractivity contribution >= 4 is 21.8 Å². The third-order valence-corrected chi connectivity index (χ3v) is 4.55. The molecule has 0 fully saturated rings. The number of carbonyl (C=O) groups is 1. The van der Waals surface area contributed by atoms with Crippen molar-refractivity contribution in [2.75, 3.05) is 7.05 Å². The quantitative estimate of drug-likeness (QED) is 0.788. The highest BCUT2D eigenvalue weighted by Crippen LogP contribution is 2.46. The molecule has 1 N–H and O–H groups in total. The Bertz CT molecular complexity index is 700. The van der Waals surface area contributed by atoms with Crippen molar-refractivity contribution in [3.8, 4) is 5.75 Å². The second-order valence-electron chi connectivity index (χ2n) is 5.40. The van der Waals surface area contributed by atoms with E-state index in [0.29, 0.717) is 11.3 Å². The molecule has 1 heterocycles. The molecule has 2 atom stereocenters. The SMILES string of the molecule is CC.CCC1Oc2c(C(=O)NC)cc(Br)cc2C1c1ccccc1. The summed E-state index contributed by atoms with van der Waals surface area (Å²) in [6.07, 6.45) is 0.939. The minimum Gasteiger partial charge on any atom is -0.488 e. The van der Waals surface area contributed by atoms with E-state index in [1.165, 1.54) is 5.56 Å². The monoisotopic (exact) mass is 389 g/mol. The number of fused-ring (bicyclic) bond motifs is 1. The van der Waals surface area contributed by atoms with Crippen LogP contribution in [0.3, 0.4) is 0 Å². The molecule has 3 rings (SSSR count). The largest absolute Gasteiger partial charge is 0.488 e. The summed E-state index contributed by atoms with van der Waals surface area (Å²) in [7, 11) is 1.64. The first-order chi connectivity index (χ1) is 11.7. The molecule has 3 nitrogen and oxygen atoms in total. The predicted octanol–water partition coefficient (Wildman–Crippen LogP) is 5.14. The van der Waals surface area contributed by atoms with Crippen LogP contribution < -0.4 is 10.1 Å². The van der Waals surface area contributed by atoms with Gasteiger partial charge in [0.25, 0.3) is 5.91 Å². The van der Waals surface area contributed by atoms with Gasteiger partial charge in [-0.05, 0) is 24.1 Å². The number of halogens is 1. The highest BCUT2D eigenvalue weighted by Gasteiger charge is 2.37. The molecule has 2 unspecified atom stereocenters. The highest BCUT2D eigenvalue weighted by atomic mass is 79.9. The van der Waals surface area contributed by atoms with Gasteiger partial charge in [-0.25, -0.2) is 0 Å².